The van der Waals surface area contributed by atoms with Gasteiger partial charge in [-0.2, -0.15) is 0 Å². The van der Waals surface area contributed by atoms with E-state index < -0.39 is 27.4 Å². The maximum atomic E-state index is 13.2. The summed E-state index contributed by atoms with van der Waals surface area (Å²) >= 11 is 5.72. The molecule has 0 N–H and O–H groups in total. The molecule has 0 amide bonds. The summed E-state index contributed by atoms with van der Waals surface area (Å²) in [5, 5.41) is 0.419. The van der Waals surface area contributed by atoms with Crippen LogP contribution in [0.25, 0.3) is 0 Å². The Morgan fingerprint density at radius 3 is 2.48 bits per heavy atom. The van der Waals surface area contributed by atoms with Crippen molar-refractivity contribution in [2.75, 3.05) is 12.9 Å². The van der Waals surface area contributed by atoms with E-state index in [0.29, 0.717) is 16.3 Å². The van der Waals surface area contributed by atoms with Gasteiger partial charge in [0.25, 0.3) is 0 Å². The number of carbonyl (C=O) groups is 1. The molecule has 134 valence electrons. The van der Waals surface area contributed by atoms with Gasteiger partial charge >= 0.3 is 5.97 Å². The van der Waals surface area contributed by atoms with E-state index in [0.717, 1.165) is 0 Å². The molecule has 8 heteroatoms. The van der Waals surface area contributed by atoms with Gasteiger partial charge in [-0.15, -0.1) is 0 Å². The topological polar surface area (TPSA) is 69.7 Å². The first-order valence-electron chi connectivity index (χ1n) is 7.28. The molecule has 2 rings (SSSR count). The van der Waals surface area contributed by atoms with Crippen LogP contribution in [0.15, 0.2) is 47.4 Å². The van der Waals surface area contributed by atoms with Crippen LogP contribution in [0.5, 0.6) is 5.75 Å². The van der Waals surface area contributed by atoms with Gasteiger partial charge in [0.05, 0.1) is 24.2 Å². The highest BCUT2D eigenvalue weighted by Gasteiger charge is 2.17. The van der Waals surface area contributed by atoms with Crippen LogP contribution in [-0.4, -0.2) is 27.2 Å². The first-order chi connectivity index (χ1) is 11.8. The molecule has 0 aliphatic carbocycles. The highest BCUT2D eigenvalue weighted by atomic mass is 35.5. The molecule has 0 spiro atoms. The number of methoxy groups -OCH3 is 1. The van der Waals surface area contributed by atoms with Gasteiger partial charge in [-0.05, 0) is 42.5 Å². The second-order valence-electron chi connectivity index (χ2n) is 5.14. The van der Waals surface area contributed by atoms with Gasteiger partial charge < -0.3 is 9.47 Å². The van der Waals surface area contributed by atoms with E-state index in [2.05, 4.69) is 0 Å². The van der Waals surface area contributed by atoms with Crippen molar-refractivity contribution in [1.82, 2.24) is 0 Å². The number of sulfone groups is 1. The molecule has 0 fully saturated rings. The Morgan fingerprint density at radius 2 is 1.84 bits per heavy atom. The lowest BCUT2D eigenvalue weighted by Crippen LogP contribution is -2.13. The summed E-state index contributed by atoms with van der Waals surface area (Å²) in [5.41, 5.74) is 0.358. The molecule has 25 heavy (non-hydrogen) atoms. The molecule has 2 aromatic carbocycles. The molecule has 2 aromatic rings. The predicted molar refractivity (Wildman–Crippen MR) is 90.9 cm³/mol. The van der Waals surface area contributed by atoms with Gasteiger partial charge in [0, 0.05) is 10.6 Å². The molecule has 0 radical (unpaired) electrons. The molecule has 0 bridgehead atoms. The van der Waals surface area contributed by atoms with Gasteiger partial charge in [0.2, 0.25) is 0 Å². The molecule has 0 heterocycles. The molecule has 0 saturated carbocycles. The first-order valence-corrected chi connectivity index (χ1v) is 9.31. The summed E-state index contributed by atoms with van der Waals surface area (Å²) in [6, 6.07) is 9.51. The predicted octanol–water partition coefficient (Wildman–Crippen LogP) is 3.39. The lowest BCUT2D eigenvalue weighted by molar-refractivity contribution is -0.144. The summed E-state index contributed by atoms with van der Waals surface area (Å²) in [5.74, 6) is -1.21. The van der Waals surface area contributed by atoms with Gasteiger partial charge in [-0.1, -0.05) is 11.6 Å². The van der Waals surface area contributed by atoms with Gasteiger partial charge in [-0.25, -0.2) is 12.8 Å². The van der Waals surface area contributed by atoms with Crippen LogP contribution < -0.4 is 4.74 Å². The molecule has 0 aliphatic heterocycles. The first kappa shape index (κ1) is 19.2. The Labute approximate surface area is 150 Å². The molecular weight excluding hydrogens is 371 g/mol. The molecule has 0 aromatic heterocycles. The number of ether oxygens (including phenoxy) is 2. The Morgan fingerprint density at radius 1 is 1.16 bits per heavy atom. The number of benzene rings is 2. The van der Waals surface area contributed by atoms with E-state index in [-0.39, 0.29) is 17.9 Å². The van der Waals surface area contributed by atoms with E-state index in [9.17, 15) is 17.6 Å². The standard InChI is InChI=1S/C17H16ClFO5S/c1-23-16-7-4-14(19)10-12(16)11-24-17(20)8-9-25(21,22)15-5-2-13(18)3-6-15/h2-7,10H,8-9,11H2,1H3. The highest BCUT2D eigenvalue weighted by Crippen LogP contribution is 2.21. The van der Waals surface area contributed by atoms with Crippen LogP contribution in [0.3, 0.4) is 0 Å². The minimum Gasteiger partial charge on any atom is -0.496 e. The minimum absolute atomic E-state index is 0.0801. The number of halogens is 2. The van der Waals surface area contributed by atoms with Crippen LogP contribution in [0.4, 0.5) is 4.39 Å². The number of hydrogen-bond donors (Lipinski definition) is 0. The summed E-state index contributed by atoms with van der Waals surface area (Å²) in [7, 11) is -2.20. The van der Waals surface area contributed by atoms with Crippen molar-refractivity contribution in [3.63, 3.8) is 0 Å². The molecular formula is C17H16ClFO5S. The largest absolute Gasteiger partial charge is 0.496 e. The fourth-order valence-corrected chi connectivity index (χ4v) is 3.42. The third-order valence-corrected chi connectivity index (χ3v) is 5.36. The fraction of sp³-hybridized carbons (Fsp3) is 0.235. The van der Waals surface area contributed by atoms with E-state index in [4.69, 9.17) is 21.1 Å². The maximum absolute atomic E-state index is 13.2. The molecule has 0 saturated heterocycles. The summed E-state index contributed by atoms with van der Waals surface area (Å²) in [6.45, 7) is -0.208. The number of rotatable bonds is 7. The van der Waals surface area contributed by atoms with Crippen molar-refractivity contribution in [2.24, 2.45) is 0 Å². The van der Waals surface area contributed by atoms with E-state index in [1.165, 1.54) is 49.6 Å². The molecule has 5 nitrogen and oxygen atoms in total. The SMILES string of the molecule is COc1ccc(F)cc1COC(=O)CCS(=O)(=O)c1ccc(Cl)cc1. The zero-order valence-corrected chi connectivity index (χ0v) is 14.9. The van der Waals surface area contributed by atoms with Gasteiger partial charge in [0.15, 0.2) is 9.84 Å². The Hall–Kier alpha value is -2.12. The van der Waals surface area contributed by atoms with Crippen LogP contribution in [0.1, 0.15) is 12.0 Å². The third kappa shape index (κ3) is 5.44. The molecule has 0 aliphatic rings. The van der Waals surface area contributed by atoms with Gasteiger partial charge in [-0.3, -0.25) is 4.79 Å². The van der Waals surface area contributed by atoms with E-state index >= 15 is 0 Å². The van der Waals surface area contributed by atoms with E-state index in [1.54, 1.807) is 0 Å². The summed E-state index contributed by atoms with van der Waals surface area (Å²) < 4.78 is 47.6. The average molecular weight is 387 g/mol. The quantitative estimate of drug-likeness (QED) is 0.682. The van der Waals surface area contributed by atoms with Crippen molar-refractivity contribution >= 4 is 27.4 Å². The van der Waals surface area contributed by atoms with E-state index in [1.807, 2.05) is 0 Å². The molecule has 0 unspecified atom stereocenters. The maximum Gasteiger partial charge on any atom is 0.307 e. The van der Waals surface area contributed by atoms with Crippen LogP contribution in [-0.2, 0) is 26.0 Å². The lowest BCUT2D eigenvalue weighted by atomic mass is 10.2. The number of carbonyl (C=O) groups excluding carboxylic acids is 1. The second kappa shape index (κ2) is 8.31. The Balaban J connectivity index is 1.92. The number of esters is 1. The van der Waals surface area contributed by atoms with Gasteiger partial charge in [0.1, 0.15) is 18.2 Å². The Bertz CT molecular complexity index is 850. The monoisotopic (exact) mass is 386 g/mol. The zero-order chi connectivity index (χ0) is 18.4. The lowest BCUT2D eigenvalue weighted by Gasteiger charge is -2.10. The summed E-state index contributed by atoms with van der Waals surface area (Å²) in [6.07, 6.45) is -0.317. The summed E-state index contributed by atoms with van der Waals surface area (Å²) in [4.78, 5) is 11.9. The smallest absolute Gasteiger partial charge is 0.307 e. The normalized spacial score (nSPS) is 11.2. The highest BCUT2D eigenvalue weighted by molar-refractivity contribution is 7.91. The van der Waals surface area contributed by atoms with Crippen molar-refractivity contribution < 1.29 is 27.1 Å². The van der Waals surface area contributed by atoms with Crippen molar-refractivity contribution in [3.05, 3.63) is 58.9 Å². The average Bonchev–Trinajstić information content (AvgIpc) is 2.59. The van der Waals surface area contributed by atoms with Crippen molar-refractivity contribution in [1.29, 1.82) is 0 Å². The van der Waals surface area contributed by atoms with Crippen LogP contribution >= 0.6 is 11.6 Å². The Kier molecular flexibility index (Phi) is 6.39. The molecule has 0 atom stereocenters. The minimum atomic E-state index is -3.62. The second-order valence-corrected chi connectivity index (χ2v) is 7.69. The van der Waals surface area contributed by atoms with Crippen LogP contribution in [0, 0.1) is 5.82 Å². The third-order valence-electron chi connectivity index (χ3n) is 3.38. The van der Waals surface area contributed by atoms with Crippen molar-refractivity contribution in [2.45, 2.75) is 17.9 Å². The zero-order valence-electron chi connectivity index (χ0n) is 13.4. The van der Waals surface area contributed by atoms with Crippen LogP contribution in [0.2, 0.25) is 5.02 Å². The van der Waals surface area contributed by atoms with Crippen molar-refractivity contribution in [3.8, 4) is 5.75 Å². The fourth-order valence-electron chi connectivity index (χ4n) is 2.07. The number of hydrogen-bond acceptors (Lipinski definition) is 5.